The molecule has 1 aromatic heterocycles. The molecule has 0 aliphatic rings. The minimum absolute atomic E-state index is 0.298. The van der Waals surface area contributed by atoms with Crippen molar-refractivity contribution in [2.75, 3.05) is 32.2 Å². The molecule has 0 saturated heterocycles. The summed E-state index contributed by atoms with van der Waals surface area (Å²) in [6, 6.07) is 0. The summed E-state index contributed by atoms with van der Waals surface area (Å²) < 4.78 is 9.74. The third kappa shape index (κ3) is 4.06. The first-order valence-electron chi connectivity index (χ1n) is 5.00. The van der Waals surface area contributed by atoms with Gasteiger partial charge in [-0.1, -0.05) is 17.3 Å². The van der Waals surface area contributed by atoms with Gasteiger partial charge in [-0.2, -0.15) is 0 Å². The summed E-state index contributed by atoms with van der Waals surface area (Å²) in [7, 11) is 1.35. The van der Waals surface area contributed by atoms with Crippen LogP contribution in [0, 0.1) is 19.3 Å². The highest BCUT2D eigenvalue weighted by molar-refractivity contribution is 7.17. The van der Waals surface area contributed by atoms with Gasteiger partial charge in [0, 0.05) is 6.54 Å². The van der Waals surface area contributed by atoms with E-state index in [0.29, 0.717) is 35.5 Å². The molecule has 0 saturated carbocycles. The number of aryl methyl sites for hydroxylation is 1. The van der Waals surface area contributed by atoms with Gasteiger partial charge in [-0.15, -0.1) is 6.42 Å². The summed E-state index contributed by atoms with van der Waals surface area (Å²) in [4.78, 5) is 16.1. The molecule has 1 heterocycles. The van der Waals surface area contributed by atoms with E-state index in [-0.39, 0.29) is 5.97 Å². The van der Waals surface area contributed by atoms with Gasteiger partial charge in [-0.25, -0.2) is 9.78 Å². The van der Waals surface area contributed by atoms with Crippen molar-refractivity contribution in [3.63, 3.8) is 0 Å². The number of terminal acetylenes is 1. The van der Waals surface area contributed by atoms with Crippen molar-refractivity contribution in [2.45, 2.75) is 6.92 Å². The van der Waals surface area contributed by atoms with Crippen LogP contribution in [-0.4, -0.2) is 37.8 Å². The lowest BCUT2D eigenvalue weighted by atomic mass is 10.4. The van der Waals surface area contributed by atoms with E-state index >= 15 is 0 Å². The molecule has 1 aromatic rings. The van der Waals surface area contributed by atoms with Crippen molar-refractivity contribution < 1.29 is 14.3 Å². The number of rotatable bonds is 6. The molecule has 0 fully saturated rings. The molecule has 17 heavy (non-hydrogen) atoms. The summed E-state index contributed by atoms with van der Waals surface area (Å²) in [5.41, 5.74) is 0.661. The number of methoxy groups -OCH3 is 1. The largest absolute Gasteiger partial charge is 0.465 e. The first kappa shape index (κ1) is 13.5. The Bertz CT molecular complexity index is 423. The molecular formula is C11H14N2O3S. The number of esters is 1. The third-order valence-electron chi connectivity index (χ3n) is 1.88. The number of ether oxygens (including phenoxy) is 2. The number of thiazole rings is 1. The van der Waals surface area contributed by atoms with E-state index in [9.17, 15) is 4.79 Å². The summed E-state index contributed by atoms with van der Waals surface area (Å²) in [5, 5.41) is 3.72. The van der Waals surface area contributed by atoms with Crippen LogP contribution in [0.4, 0.5) is 5.13 Å². The van der Waals surface area contributed by atoms with Crippen LogP contribution >= 0.6 is 11.3 Å². The average Bonchev–Trinajstić information content (AvgIpc) is 2.69. The van der Waals surface area contributed by atoms with Crippen LogP contribution in [0.1, 0.15) is 15.4 Å². The first-order valence-corrected chi connectivity index (χ1v) is 5.81. The zero-order valence-corrected chi connectivity index (χ0v) is 10.6. The van der Waals surface area contributed by atoms with Gasteiger partial charge < -0.3 is 14.8 Å². The fraction of sp³-hybridized carbons (Fsp3) is 0.455. The highest BCUT2D eigenvalue weighted by Gasteiger charge is 2.15. The molecule has 1 rings (SSSR count). The molecule has 0 atom stereocenters. The van der Waals surface area contributed by atoms with Crippen LogP contribution in [0.2, 0.25) is 0 Å². The second-order valence-corrected chi connectivity index (χ2v) is 4.11. The normalized spacial score (nSPS) is 9.71. The lowest BCUT2D eigenvalue weighted by Crippen LogP contribution is -2.09. The number of hydrogen-bond acceptors (Lipinski definition) is 6. The summed E-state index contributed by atoms with van der Waals surface area (Å²) in [6.45, 7) is 3.15. The Morgan fingerprint density at radius 1 is 1.65 bits per heavy atom. The molecule has 0 bridgehead atoms. The van der Waals surface area contributed by atoms with E-state index in [4.69, 9.17) is 11.2 Å². The standard InChI is InChI=1S/C11H14N2O3S/c1-4-6-16-7-5-12-11-13-8(2)9(17-11)10(14)15-3/h1H,5-7H2,2-3H3,(H,12,13). The summed E-state index contributed by atoms with van der Waals surface area (Å²) in [6.07, 6.45) is 5.04. The third-order valence-corrected chi connectivity index (χ3v) is 2.97. The van der Waals surface area contributed by atoms with E-state index in [1.807, 2.05) is 0 Å². The molecule has 1 N–H and O–H groups in total. The molecule has 0 aliphatic carbocycles. The Hall–Kier alpha value is -1.58. The van der Waals surface area contributed by atoms with Gasteiger partial charge in [0.05, 0.1) is 19.4 Å². The lowest BCUT2D eigenvalue weighted by Gasteiger charge is -2.01. The fourth-order valence-electron chi connectivity index (χ4n) is 1.12. The van der Waals surface area contributed by atoms with Crippen molar-refractivity contribution in [1.82, 2.24) is 4.98 Å². The van der Waals surface area contributed by atoms with Crippen LogP contribution in [0.15, 0.2) is 0 Å². The SMILES string of the molecule is C#CCOCCNc1nc(C)c(C(=O)OC)s1. The number of carbonyl (C=O) groups excluding carboxylic acids is 1. The molecule has 0 unspecified atom stereocenters. The van der Waals surface area contributed by atoms with Gasteiger partial charge in [0.25, 0.3) is 0 Å². The van der Waals surface area contributed by atoms with Crippen molar-refractivity contribution in [2.24, 2.45) is 0 Å². The van der Waals surface area contributed by atoms with Crippen LogP contribution in [0.3, 0.4) is 0 Å². The van der Waals surface area contributed by atoms with Gasteiger partial charge in [0.2, 0.25) is 0 Å². The van der Waals surface area contributed by atoms with E-state index in [1.165, 1.54) is 18.4 Å². The van der Waals surface area contributed by atoms with Crippen molar-refractivity contribution in [3.8, 4) is 12.3 Å². The molecule has 92 valence electrons. The molecule has 0 aliphatic heterocycles. The minimum atomic E-state index is -0.364. The Balaban J connectivity index is 2.45. The fourth-order valence-corrected chi connectivity index (χ4v) is 2.03. The molecule has 0 spiro atoms. The zero-order chi connectivity index (χ0) is 12.7. The molecule has 0 aromatic carbocycles. The van der Waals surface area contributed by atoms with Crippen molar-refractivity contribution >= 4 is 22.4 Å². The number of nitrogens with one attached hydrogen (secondary N) is 1. The van der Waals surface area contributed by atoms with Gasteiger partial charge in [-0.3, -0.25) is 0 Å². The van der Waals surface area contributed by atoms with E-state index in [2.05, 4.69) is 21.0 Å². The molecule has 0 radical (unpaired) electrons. The van der Waals surface area contributed by atoms with Crippen LogP contribution in [0.5, 0.6) is 0 Å². The molecule has 5 nitrogen and oxygen atoms in total. The zero-order valence-electron chi connectivity index (χ0n) is 9.78. The summed E-state index contributed by atoms with van der Waals surface area (Å²) in [5.74, 6) is 2.01. The number of aromatic nitrogens is 1. The number of hydrogen-bond donors (Lipinski definition) is 1. The predicted octanol–water partition coefficient (Wildman–Crippen LogP) is 1.30. The number of carbonyl (C=O) groups is 1. The quantitative estimate of drug-likeness (QED) is 0.471. The first-order chi connectivity index (χ1) is 8.19. The second-order valence-electron chi connectivity index (χ2n) is 3.11. The van der Waals surface area contributed by atoms with Crippen molar-refractivity contribution in [1.29, 1.82) is 0 Å². The highest BCUT2D eigenvalue weighted by Crippen LogP contribution is 2.22. The Labute approximate surface area is 104 Å². The second kappa shape index (κ2) is 6.89. The predicted molar refractivity (Wildman–Crippen MR) is 66.3 cm³/mol. The molecule has 6 heteroatoms. The maximum absolute atomic E-state index is 11.3. The Kier molecular flexibility index (Phi) is 5.46. The lowest BCUT2D eigenvalue weighted by molar-refractivity contribution is 0.0605. The smallest absolute Gasteiger partial charge is 0.350 e. The monoisotopic (exact) mass is 254 g/mol. The maximum Gasteiger partial charge on any atom is 0.350 e. The van der Waals surface area contributed by atoms with Crippen LogP contribution in [0.25, 0.3) is 0 Å². The Morgan fingerprint density at radius 3 is 3.06 bits per heavy atom. The summed E-state index contributed by atoms with van der Waals surface area (Å²) >= 11 is 1.26. The average molecular weight is 254 g/mol. The van der Waals surface area contributed by atoms with Gasteiger partial charge >= 0.3 is 5.97 Å². The van der Waals surface area contributed by atoms with E-state index < -0.39 is 0 Å². The van der Waals surface area contributed by atoms with E-state index in [1.54, 1.807) is 6.92 Å². The van der Waals surface area contributed by atoms with Gasteiger partial charge in [-0.05, 0) is 6.92 Å². The van der Waals surface area contributed by atoms with Crippen LogP contribution < -0.4 is 5.32 Å². The molecule has 0 amide bonds. The number of anilines is 1. The minimum Gasteiger partial charge on any atom is -0.465 e. The number of nitrogens with zero attached hydrogens (tertiary/aromatic N) is 1. The Morgan fingerprint density at radius 2 is 2.41 bits per heavy atom. The topological polar surface area (TPSA) is 60.5 Å². The van der Waals surface area contributed by atoms with Gasteiger partial charge in [0.15, 0.2) is 5.13 Å². The van der Waals surface area contributed by atoms with Crippen molar-refractivity contribution in [3.05, 3.63) is 10.6 Å². The van der Waals surface area contributed by atoms with Crippen LogP contribution in [-0.2, 0) is 9.47 Å². The maximum atomic E-state index is 11.3. The highest BCUT2D eigenvalue weighted by atomic mass is 32.1. The van der Waals surface area contributed by atoms with Gasteiger partial charge in [0.1, 0.15) is 11.5 Å². The van der Waals surface area contributed by atoms with E-state index in [0.717, 1.165) is 0 Å². The molecular weight excluding hydrogens is 240 g/mol.